The van der Waals surface area contributed by atoms with Crippen LogP contribution in [0.1, 0.15) is 50.5 Å². The molecule has 4 heteroatoms. The van der Waals surface area contributed by atoms with Crippen LogP contribution in [-0.4, -0.2) is 11.1 Å². The number of carboxylic acid groups (broad SMARTS) is 1. The van der Waals surface area contributed by atoms with Crippen LogP contribution >= 0.6 is 15.9 Å². The molecule has 0 aliphatic heterocycles. The summed E-state index contributed by atoms with van der Waals surface area (Å²) in [6.45, 7) is 2.09. The van der Waals surface area contributed by atoms with Crippen molar-refractivity contribution in [1.82, 2.24) is 0 Å². The summed E-state index contributed by atoms with van der Waals surface area (Å²) >= 11 is 3.39. The molecule has 0 aromatic heterocycles. The molecule has 1 atom stereocenters. The number of rotatable bonds is 3. The lowest BCUT2D eigenvalue weighted by molar-refractivity contribution is -0.142. The third kappa shape index (κ3) is 2.78. The van der Waals surface area contributed by atoms with Gasteiger partial charge in [0.25, 0.3) is 0 Å². The SMILES string of the molecule is CC1(C(C(=O)O)c2cccc(Br)c2N)CCCCC1. The van der Waals surface area contributed by atoms with Gasteiger partial charge in [0, 0.05) is 10.2 Å². The van der Waals surface area contributed by atoms with Gasteiger partial charge in [-0.05, 0) is 45.8 Å². The molecule has 0 radical (unpaired) electrons. The van der Waals surface area contributed by atoms with E-state index in [0.29, 0.717) is 5.69 Å². The lowest BCUT2D eigenvalue weighted by atomic mass is 9.65. The molecule has 104 valence electrons. The Morgan fingerprint density at radius 3 is 2.58 bits per heavy atom. The van der Waals surface area contributed by atoms with E-state index in [9.17, 15) is 9.90 Å². The normalized spacial score (nSPS) is 19.9. The molecule has 1 aliphatic carbocycles. The topological polar surface area (TPSA) is 63.3 Å². The molecule has 3 nitrogen and oxygen atoms in total. The van der Waals surface area contributed by atoms with Crippen molar-refractivity contribution in [2.24, 2.45) is 5.41 Å². The van der Waals surface area contributed by atoms with Crippen molar-refractivity contribution in [2.45, 2.75) is 44.9 Å². The van der Waals surface area contributed by atoms with Crippen molar-refractivity contribution in [2.75, 3.05) is 5.73 Å². The van der Waals surface area contributed by atoms with Gasteiger partial charge in [-0.3, -0.25) is 4.79 Å². The fraction of sp³-hybridized carbons (Fsp3) is 0.533. The van der Waals surface area contributed by atoms with Crippen LogP contribution in [0.5, 0.6) is 0 Å². The van der Waals surface area contributed by atoms with Crippen molar-refractivity contribution in [3.05, 3.63) is 28.2 Å². The number of nitrogens with two attached hydrogens (primary N) is 1. The van der Waals surface area contributed by atoms with E-state index in [0.717, 1.165) is 35.7 Å². The average molecular weight is 326 g/mol. The molecule has 0 saturated heterocycles. The average Bonchev–Trinajstić information content (AvgIpc) is 2.35. The van der Waals surface area contributed by atoms with Gasteiger partial charge in [0.05, 0.1) is 5.92 Å². The van der Waals surface area contributed by atoms with E-state index in [4.69, 9.17) is 5.73 Å². The zero-order valence-corrected chi connectivity index (χ0v) is 12.7. The number of hydrogen-bond acceptors (Lipinski definition) is 2. The van der Waals surface area contributed by atoms with Gasteiger partial charge < -0.3 is 10.8 Å². The molecule has 1 fully saturated rings. The van der Waals surface area contributed by atoms with E-state index < -0.39 is 11.9 Å². The molecule has 0 spiro atoms. The first kappa shape index (κ1) is 14.4. The quantitative estimate of drug-likeness (QED) is 0.820. The van der Waals surface area contributed by atoms with E-state index in [1.807, 2.05) is 18.2 Å². The van der Waals surface area contributed by atoms with Crippen LogP contribution in [-0.2, 0) is 4.79 Å². The van der Waals surface area contributed by atoms with Gasteiger partial charge >= 0.3 is 5.97 Å². The number of carboxylic acids is 1. The Morgan fingerprint density at radius 2 is 2.00 bits per heavy atom. The third-order valence-electron chi connectivity index (χ3n) is 4.34. The first-order chi connectivity index (χ1) is 8.96. The zero-order chi connectivity index (χ0) is 14.0. The number of hydrogen-bond donors (Lipinski definition) is 2. The summed E-state index contributed by atoms with van der Waals surface area (Å²) in [5.41, 5.74) is 7.18. The Hall–Kier alpha value is -1.03. The van der Waals surface area contributed by atoms with Gasteiger partial charge in [-0.2, -0.15) is 0 Å². The van der Waals surface area contributed by atoms with Gasteiger partial charge in [-0.25, -0.2) is 0 Å². The van der Waals surface area contributed by atoms with Crippen LogP contribution in [0.25, 0.3) is 0 Å². The molecule has 1 aromatic rings. The Morgan fingerprint density at radius 1 is 1.37 bits per heavy atom. The summed E-state index contributed by atoms with van der Waals surface area (Å²) in [4.78, 5) is 11.8. The molecule has 3 N–H and O–H groups in total. The third-order valence-corrected chi connectivity index (χ3v) is 5.03. The van der Waals surface area contributed by atoms with E-state index in [2.05, 4.69) is 22.9 Å². The molecule has 0 amide bonds. The molecule has 0 heterocycles. The predicted molar refractivity (Wildman–Crippen MR) is 80.1 cm³/mol. The van der Waals surface area contributed by atoms with E-state index in [1.165, 1.54) is 6.42 Å². The molecule has 19 heavy (non-hydrogen) atoms. The highest BCUT2D eigenvalue weighted by Crippen LogP contribution is 2.49. The standard InChI is InChI=1S/C15H20BrNO2/c1-15(8-3-2-4-9-15)12(14(18)19)10-6-5-7-11(16)13(10)17/h5-7,12H,2-4,8-9,17H2,1H3,(H,18,19). The van der Waals surface area contributed by atoms with Crippen LogP contribution in [0, 0.1) is 5.41 Å². The summed E-state index contributed by atoms with van der Waals surface area (Å²) in [7, 11) is 0. The number of halogens is 1. The summed E-state index contributed by atoms with van der Waals surface area (Å²) in [5, 5.41) is 9.69. The maximum absolute atomic E-state index is 11.8. The first-order valence-electron chi connectivity index (χ1n) is 6.72. The van der Waals surface area contributed by atoms with Gasteiger partial charge in [0.2, 0.25) is 0 Å². The van der Waals surface area contributed by atoms with E-state index in [-0.39, 0.29) is 5.41 Å². The first-order valence-corrected chi connectivity index (χ1v) is 7.52. The summed E-state index contributed by atoms with van der Waals surface area (Å²) in [6, 6.07) is 5.55. The highest BCUT2D eigenvalue weighted by molar-refractivity contribution is 9.10. The molecule has 0 bridgehead atoms. The monoisotopic (exact) mass is 325 g/mol. The van der Waals surface area contributed by atoms with Crippen molar-refractivity contribution >= 4 is 27.6 Å². The number of nitrogen functional groups attached to an aromatic ring is 1. The molecule has 1 saturated carbocycles. The second-order valence-corrected chi connectivity index (χ2v) is 6.58. The summed E-state index contributed by atoms with van der Waals surface area (Å²) < 4.78 is 0.774. The van der Waals surface area contributed by atoms with Crippen LogP contribution < -0.4 is 5.73 Å². The second kappa shape index (κ2) is 5.53. The molecular weight excluding hydrogens is 306 g/mol. The highest BCUT2D eigenvalue weighted by atomic mass is 79.9. The fourth-order valence-electron chi connectivity index (χ4n) is 3.26. The van der Waals surface area contributed by atoms with Crippen molar-refractivity contribution in [3.8, 4) is 0 Å². The van der Waals surface area contributed by atoms with Gasteiger partial charge in [0.15, 0.2) is 0 Å². The predicted octanol–water partition coefficient (Wildman–Crippen LogP) is 4.17. The lowest BCUT2D eigenvalue weighted by Crippen LogP contribution is -2.34. The summed E-state index contributed by atoms with van der Waals surface area (Å²) in [5.74, 6) is -1.29. The largest absolute Gasteiger partial charge is 0.481 e. The molecule has 2 rings (SSSR count). The Bertz CT molecular complexity index is 481. The van der Waals surface area contributed by atoms with Crippen molar-refractivity contribution in [1.29, 1.82) is 0 Å². The summed E-state index contributed by atoms with van der Waals surface area (Å²) in [6.07, 6.45) is 5.32. The van der Waals surface area contributed by atoms with Crippen LogP contribution in [0.2, 0.25) is 0 Å². The number of para-hydroxylation sites is 1. The maximum atomic E-state index is 11.8. The Balaban J connectivity index is 2.45. The van der Waals surface area contributed by atoms with Crippen molar-refractivity contribution < 1.29 is 9.90 Å². The fourth-order valence-corrected chi connectivity index (χ4v) is 3.64. The van der Waals surface area contributed by atoms with Gasteiger partial charge in [0.1, 0.15) is 0 Å². The molecular formula is C15H20BrNO2. The molecule has 1 aromatic carbocycles. The van der Waals surface area contributed by atoms with Gasteiger partial charge in [-0.15, -0.1) is 0 Å². The number of anilines is 1. The molecule has 1 unspecified atom stereocenters. The van der Waals surface area contributed by atoms with Crippen molar-refractivity contribution in [3.63, 3.8) is 0 Å². The Labute approximate surface area is 122 Å². The molecule has 1 aliphatic rings. The zero-order valence-electron chi connectivity index (χ0n) is 11.2. The van der Waals surface area contributed by atoms with Crippen LogP contribution in [0.4, 0.5) is 5.69 Å². The van der Waals surface area contributed by atoms with E-state index >= 15 is 0 Å². The maximum Gasteiger partial charge on any atom is 0.311 e. The van der Waals surface area contributed by atoms with Crippen LogP contribution in [0.3, 0.4) is 0 Å². The Kier molecular flexibility index (Phi) is 4.19. The highest BCUT2D eigenvalue weighted by Gasteiger charge is 2.41. The minimum absolute atomic E-state index is 0.195. The van der Waals surface area contributed by atoms with E-state index in [1.54, 1.807) is 0 Å². The van der Waals surface area contributed by atoms with Gasteiger partial charge in [-0.1, -0.05) is 38.3 Å². The number of aliphatic carboxylic acids is 1. The second-order valence-electron chi connectivity index (χ2n) is 5.73. The smallest absolute Gasteiger partial charge is 0.311 e. The number of benzene rings is 1. The van der Waals surface area contributed by atoms with Crippen LogP contribution in [0.15, 0.2) is 22.7 Å². The minimum atomic E-state index is -0.769. The lowest BCUT2D eigenvalue weighted by Gasteiger charge is -2.39. The number of carbonyl (C=O) groups is 1. The minimum Gasteiger partial charge on any atom is -0.481 e.